The maximum atomic E-state index is 5.32. The number of hydrogen-bond donors (Lipinski definition) is 0. The molecule has 0 aliphatic rings. The van der Waals surface area contributed by atoms with Gasteiger partial charge in [-0.25, -0.2) is 0 Å². The summed E-state index contributed by atoms with van der Waals surface area (Å²) >= 11 is 0. The van der Waals surface area contributed by atoms with Gasteiger partial charge in [-0.15, -0.1) is 0 Å². The Labute approximate surface area is 85.8 Å². The molecule has 0 radical (unpaired) electrons. The molecule has 0 saturated heterocycles. The summed E-state index contributed by atoms with van der Waals surface area (Å²) in [5.41, 5.74) is 2.33. The minimum absolute atomic E-state index is 0.939. The van der Waals surface area contributed by atoms with Crippen LogP contribution in [0.5, 0.6) is 11.5 Å². The van der Waals surface area contributed by atoms with Gasteiger partial charge in [0.15, 0.2) is 0 Å². The summed E-state index contributed by atoms with van der Waals surface area (Å²) in [5, 5.41) is 0. The summed E-state index contributed by atoms with van der Waals surface area (Å²) in [6, 6.07) is 4.10. The minimum Gasteiger partial charge on any atom is -0.496 e. The molecular weight excluding hydrogens is 176 g/mol. The van der Waals surface area contributed by atoms with Crippen LogP contribution in [-0.2, 0) is 6.42 Å². The van der Waals surface area contributed by atoms with Crippen LogP contribution in [0.2, 0.25) is 0 Å². The Morgan fingerprint density at radius 1 is 1.07 bits per heavy atom. The van der Waals surface area contributed by atoms with Crippen molar-refractivity contribution in [1.82, 2.24) is 0 Å². The summed E-state index contributed by atoms with van der Waals surface area (Å²) < 4.78 is 10.6. The van der Waals surface area contributed by atoms with Crippen LogP contribution >= 0.6 is 0 Å². The molecule has 1 aromatic carbocycles. The molecule has 2 heteroatoms. The van der Waals surface area contributed by atoms with Gasteiger partial charge in [0.2, 0.25) is 0 Å². The molecule has 0 aliphatic heterocycles. The molecule has 78 valence electrons. The summed E-state index contributed by atoms with van der Waals surface area (Å²) in [6.07, 6.45) is 2.14. The zero-order valence-corrected chi connectivity index (χ0v) is 9.39. The second-order valence-electron chi connectivity index (χ2n) is 3.38. The Morgan fingerprint density at radius 2 is 1.71 bits per heavy atom. The Balaban J connectivity index is 3.11. The van der Waals surface area contributed by atoms with Crippen molar-refractivity contribution in [2.45, 2.75) is 26.7 Å². The molecule has 0 heterocycles. The lowest BCUT2D eigenvalue weighted by molar-refractivity contribution is 0.396. The maximum Gasteiger partial charge on any atom is 0.122 e. The third-order valence-electron chi connectivity index (χ3n) is 2.32. The van der Waals surface area contributed by atoms with Crippen molar-refractivity contribution in [3.05, 3.63) is 23.3 Å². The van der Waals surface area contributed by atoms with Crippen LogP contribution in [0.3, 0.4) is 0 Å². The van der Waals surface area contributed by atoms with Gasteiger partial charge in [-0.1, -0.05) is 13.3 Å². The first-order valence-corrected chi connectivity index (χ1v) is 4.94. The second kappa shape index (κ2) is 4.89. The van der Waals surface area contributed by atoms with Crippen molar-refractivity contribution in [3.63, 3.8) is 0 Å². The van der Waals surface area contributed by atoms with Gasteiger partial charge in [0.25, 0.3) is 0 Å². The largest absolute Gasteiger partial charge is 0.496 e. The molecular formula is C12H18O2. The zero-order valence-electron chi connectivity index (χ0n) is 9.39. The summed E-state index contributed by atoms with van der Waals surface area (Å²) in [6.45, 7) is 4.18. The monoisotopic (exact) mass is 194 g/mol. The molecule has 0 unspecified atom stereocenters. The van der Waals surface area contributed by atoms with E-state index in [1.807, 2.05) is 13.0 Å². The second-order valence-corrected chi connectivity index (χ2v) is 3.38. The standard InChI is InChI=1S/C12H18O2/c1-5-6-10-8-11(13-3)9(2)7-12(10)14-4/h7-8H,5-6H2,1-4H3. The summed E-state index contributed by atoms with van der Waals surface area (Å²) in [4.78, 5) is 0. The number of aryl methyl sites for hydroxylation is 2. The predicted molar refractivity (Wildman–Crippen MR) is 58.3 cm³/mol. The molecule has 0 amide bonds. The van der Waals surface area contributed by atoms with E-state index in [0.717, 1.165) is 29.9 Å². The topological polar surface area (TPSA) is 18.5 Å². The van der Waals surface area contributed by atoms with Crippen LogP contribution in [-0.4, -0.2) is 14.2 Å². The van der Waals surface area contributed by atoms with Gasteiger partial charge in [-0.3, -0.25) is 0 Å². The first-order valence-electron chi connectivity index (χ1n) is 4.94. The molecule has 1 aromatic rings. The van der Waals surface area contributed by atoms with E-state index >= 15 is 0 Å². The lowest BCUT2D eigenvalue weighted by Crippen LogP contribution is -1.95. The van der Waals surface area contributed by atoms with Gasteiger partial charge >= 0.3 is 0 Å². The fourth-order valence-corrected chi connectivity index (χ4v) is 1.58. The molecule has 0 N–H and O–H groups in total. The molecule has 1 rings (SSSR count). The lowest BCUT2D eigenvalue weighted by Gasteiger charge is -2.12. The molecule has 0 saturated carbocycles. The number of ether oxygens (including phenoxy) is 2. The van der Waals surface area contributed by atoms with E-state index in [-0.39, 0.29) is 0 Å². The molecule has 0 aliphatic carbocycles. The fourth-order valence-electron chi connectivity index (χ4n) is 1.58. The number of benzene rings is 1. The predicted octanol–water partition coefficient (Wildman–Crippen LogP) is 2.96. The quantitative estimate of drug-likeness (QED) is 0.733. The number of rotatable bonds is 4. The highest BCUT2D eigenvalue weighted by Crippen LogP contribution is 2.28. The average molecular weight is 194 g/mol. The molecule has 0 spiro atoms. The number of methoxy groups -OCH3 is 2. The molecule has 2 nitrogen and oxygen atoms in total. The van der Waals surface area contributed by atoms with Gasteiger partial charge in [-0.2, -0.15) is 0 Å². The summed E-state index contributed by atoms with van der Waals surface area (Å²) in [5.74, 6) is 1.90. The van der Waals surface area contributed by atoms with E-state index in [0.29, 0.717) is 0 Å². The van der Waals surface area contributed by atoms with Crippen LogP contribution in [0.25, 0.3) is 0 Å². The van der Waals surface area contributed by atoms with Crippen molar-refractivity contribution in [3.8, 4) is 11.5 Å². The van der Waals surface area contributed by atoms with Crippen molar-refractivity contribution in [2.75, 3.05) is 14.2 Å². The van der Waals surface area contributed by atoms with E-state index in [1.165, 1.54) is 5.56 Å². The summed E-state index contributed by atoms with van der Waals surface area (Å²) in [7, 11) is 3.41. The van der Waals surface area contributed by atoms with Crippen molar-refractivity contribution in [2.24, 2.45) is 0 Å². The molecule has 0 aromatic heterocycles. The Morgan fingerprint density at radius 3 is 2.21 bits per heavy atom. The molecule has 0 bridgehead atoms. The van der Waals surface area contributed by atoms with Gasteiger partial charge in [0.1, 0.15) is 11.5 Å². The van der Waals surface area contributed by atoms with Crippen molar-refractivity contribution < 1.29 is 9.47 Å². The van der Waals surface area contributed by atoms with E-state index in [2.05, 4.69) is 13.0 Å². The molecule has 14 heavy (non-hydrogen) atoms. The average Bonchev–Trinajstić information content (AvgIpc) is 2.20. The van der Waals surface area contributed by atoms with E-state index < -0.39 is 0 Å². The highest BCUT2D eigenvalue weighted by atomic mass is 16.5. The lowest BCUT2D eigenvalue weighted by atomic mass is 10.1. The van der Waals surface area contributed by atoms with Crippen LogP contribution in [0.1, 0.15) is 24.5 Å². The smallest absolute Gasteiger partial charge is 0.122 e. The normalized spacial score (nSPS) is 10.0. The Kier molecular flexibility index (Phi) is 3.81. The van der Waals surface area contributed by atoms with Crippen LogP contribution in [0.4, 0.5) is 0 Å². The van der Waals surface area contributed by atoms with Gasteiger partial charge in [0.05, 0.1) is 14.2 Å². The van der Waals surface area contributed by atoms with Crippen molar-refractivity contribution >= 4 is 0 Å². The first kappa shape index (κ1) is 10.9. The maximum absolute atomic E-state index is 5.32. The zero-order chi connectivity index (χ0) is 10.6. The third-order valence-corrected chi connectivity index (χ3v) is 2.32. The fraction of sp³-hybridized carbons (Fsp3) is 0.500. The van der Waals surface area contributed by atoms with Crippen LogP contribution in [0, 0.1) is 6.92 Å². The molecule has 0 fully saturated rings. The Bertz CT molecular complexity index is 305. The van der Waals surface area contributed by atoms with E-state index in [9.17, 15) is 0 Å². The van der Waals surface area contributed by atoms with E-state index in [1.54, 1.807) is 14.2 Å². The Hall–Kier alpha value is -1.18. The third kappa shape index (κ3) is 2.19. The van der Waals surface area contributed by atoms with Crippen LogP contribution in [0.15, 0.2) is 12.1 Å². The van der Waals surface area contributed by atoms with Gasteiger partial charge < -0.3 is 9.47 Å². The van der Waals surface area contributed by atoms with Gasteiger partial charge in [0, 0.05) is 0 Å². The highest BCUT2D eigenvalue weighted by molar-refractivity contribution is 5.45. The van der Waals surface area contributed by atoms with Crippen LogP contribution < -0.4 is 9.47 Å². The number of hydrogen-bond acceptors (Lipinski definition) is 2. The first-order chi connectivity index (χ1) is 6.72. The highest BCUT2D eigenvalue weighted by Gasteiger charge is 2.07. The minimum atomic E-state index is 0.939. The van der Waals surface area contributed by atoms with Gasteiger partial charge in [-0.05, 0) is 36.6 Å². The van der Waals surface area contributed by atoms with E-state index in [4.69, 9.17) is 9.47 Å². The SMILES string of the molecule is CCCc1cc(OC)c(C)cc1OC. The molecule has 0 atom stereocenters. The van der Waals surface area contributed by atoms with Crippen molar-refractivity contribution in [1.29, 1.82) is 0 Å².